The van der Waals surface area contributed by atoms with Gasteiger partial charge in [-0.2, -0.15) is 0 Å². The maximum Gasteiger partial charge on any atom is 0.303 e. The van der Waals surface area contributed by atoms with Gasteiger partial charge in [0, 0.05) is 24.8 Å². The van der Waals surface area contributed by atoms with Gasteiger partial charge >= 0.3 is 5.97 Å². The Bertz CT molecular complexity index is 1300. The molecule has 0 aromatic heterocycles. The highest BCUT2D eigenvalue weighted by molar-refractivity contribution is 5.93. The van der Waals surface area contributed by atoms with Crippen LogP contribution in [0.5, 0.6) is 0 Å². The molecule has 10 heteroatoms. The number of ketones is 1. The van der Waals surface area contributed by atoms with Crippen molar-refractivity contribution in [1.82, 2.24) is 4.90 Å². The van der Waals surface area contributed by atoms with Gasteiger partial charge in [0.2, 0.25) is 5.91 Å². The van der Waals surface area contributed by atoms with Gasteiger partial charge in [-0.1, -0.05) is 34.6 Å². The second kappa shape index (κ2) is 12.0. The first-order valence-electron chi connectivity index (χ1n) is 18.6. The third-order valence-corrected chi connectivity index (χ3v) is 15.4. The predicted molar refractivity (Wildman–Crippen MR) is 179 cm³/mol. The summed E-state index contributed by atoms with van der Waals surface area (Å²) in [6, 6.07) is 0. The zero-order chi connectivity index (χ0) is 35.2. The lowest BCUT2D eigenvalue weighted by Crippen LogP contribution is -2.60. The van der Waals surface area contributed by atoms with Gasteiger partial charge in [-0.25, -0.2) is 0 Å². The van der Waals surface area contributed by atoms with Crippen molar-refractivity contribution < 1.29 is 38.8 Å². The molecule has 1 saturated heterocycles. The number of morpholine rings is 1. The molecule has 0 bridgehead atoms. The first-order valence-corrected chi connectivity index (χ1v) is 18.6. The Morgan fingerprint density at radius 1 is 1.06 bits per heavy atom. The molecule has 1 heterocycles. The fourth-order valence-electron chi connectivity index (χ4n) is 13.0. The number of amides is 1. The van der Waals surface area contributed by atoms with Gasteiger partial charge in [-0.15, -0.1) is 0 Å². The first kappa shape index (κ1) is 36.2. The topological polar surface area (TPSA) is 149 Å². The quantitative estimate of drug-likeness (QED) is 0.290. The normalized spacial score (nSPS) is 44.8. The summed E-state index contributed by atoms with van der Waals surface area (Å²) in [5.74, 6) is -0.189. The highest BCUT2D eigenvalue weighted by Crippen LogP contribution is 2.88. The van der Waals surface area contributed by atoms with Crippen molar-refractivity contribution >= 4 is 17.7 Å². The summed E-state index contributed by atoms with van der Waals surface area (Å²) in [4.78, 5) is 39.8. The van der Waals surface area contributed by atoms with E-state index in [9.17, 15) is 24.6 Å². The molecule has 1 amide bonds. The number of hydrogen-bond acceptors (Lipinski definition) is 9. The Morgan fingerprint density at radius 3 is 2.38 bits per heavy atom. The molecule has 272 valence electrons. The second-order valence-electron chi connectivity index (χ2n) is 18.4. The van der Waals surface area contributed by atoms with Crippen LogP contribution in [0, 0.1) is 50.7 Å². The molecule has 0 radical (unpaired) electrons. The van der Waals surface area contributed by atoms with Crippen LogP contribution in [-0.2, 0) is 28.6 Å². The average molecular weight is 675 g/mol. The summed E-state index contributed by atoms with van der Waals surface area (Å²) < 4.78 is 18.2. The number of fused-ring (bicyclic) bond motifs is 2. The van der Waals surface area contributed by atoms with Crippen molar-refractivity contribution in [1.29, 1.82) is 0 Å². The summed E-state index contributed by atoms with van der Waals surface area (Å²) in [5.41, 5.74) is 3.56. The second-order valence-corrected chi connectivity index (χ2v) is 18.4. The number of nitrogens with zero attached hydrogens (tertiary/aromatic N) is 1. The summed E-state index contributed by atoms with van der Waals surface area (Å²) >= 11 is 0. The van der Waals surface area contributed by atoms with Gasteiger partial charge in [-0.3, -0.25) is 19.3 Å². The van der Waals surface area contributed by atoms with Crippen LogP contribution in [0.2, 0.25) is 0 Å². The van der Waals surface area contributed by atoms with E-state index in [0.717, 1.165) is 44.9 Å². The van der Waals surface area contributed by atoms with Gasteiger partial charge in [0.1, 0.15) is 12.2 Å². The zero-order valence-electron chi connectivity index (χ0n) is 30.7. The highest BCUT2D eigenvalue weighted by Gasteiger charge is 2.84. The molecule has 12 atom stereocenters. The molecule has 12 unspecified atom stereocenters. The minimum atomic E-state index is -1.18. The van der Waals surface area contributed by atoms with E-state index in [-0.39, 0.29) is 70.0 Å². The van der Waals surface area contributed by atoms with Crippen molar-refractivity contribution in [2.75, 3.05) is 26.2 Å². The molecule has 6 aliphatic rings. The lowest BCUT2D eigenvalue weighted by atomic mass is 9.41. The monoisotopic (exact) mass is 674 g/mol. The van der Waals surface area contributed by atoms with Gasteiger partial charge in [0.15, 0.2) is 12.1 Å². The number of ether oxygens (including phenoxy) is 3. The number of esters is 1. The van der Waals surface area contributed by atoms with Crippen LogP contribution in [0.1, 0.15) is 113 Å². The summed E-state index contributed by atoms with van der Waals surface area (Å²) in [6.07, 6.45) is 6.33. The van der Waals surface area contributed by atoms with E-state index < -0.39 is 29.2 Å². The van der Waals surface area contributed by atoms with Crippen LogP contribution in [0.25, 0.3) is 0 Å². The Morgan fingerprint density at radius 2 is 1.73 bits per heavy atom. The van der Waals surface area contributed by atoms with E-state index in [1.165, 1.54) is 6.92 Å². The zero-order valence-corrected chi connectivity index (χ0v) is 30.7. The Labute approximate surface area is 287 Å². The third-order valence-electron chi connectivity index (χ3n) is 15.4. The maximum absolute atomic E-state index is 14.5. The Kier molecular flexibility index (Phi) is 9.05. The van der Waals surface area contributed by atoms with E-state index >= 15 is 0 Å². The minimum absolute atomic E-state index is 0.0159. The number of carbonyl (C=O) groups is 3. The molecule has 10 nitrogen and oxygen atoms in total. The number of Topliss-reactive ketones (excluding diaryl/α,β-unsaturated/α-hetero) is 1. The van der Waals surface area contributed by atoms with Crippen molar-refractivity contribution in [3.8, 4) is 0 Å². The van der Waals surface area contributed by atoms with Crippen LogP contribution >= 0.6 is 0 Å². The van der Waals surface area contributed by atoms with Gasteiger partial charge in [0.25, 0.3) is 0 Å². The van der Waals surface area contributed by atoms with E-state index in [4.69, 9.17) is 19.9 Å². The predicted octanol–water partition coefficient (Wildman–Crippen LogP) is 4.22. The molecule has 6 fully saturated rings. The molecule has 0 aromatic carbocycles. The van der Waals surface area contributed by atoms with Crippen molar-refractivity contribution in [2.45, 2.75) is 143 Å². The summed E-state index contributed by atoms with van der Waals surface area (Å²) in [5, 5.41) is 22.5. The fourth-order valence-corrected chi connectivity index (χ4v) is 13.0. The van der Waals surface area contributed by atoms with Crippen LogP contribution in [0.3, 0.4) is 0 Å². The number of aliphatic hydroxyl groups is 2. The molecule has 0 aromatic rings. The Hall–Kier alpha value is -1.59. The standard InChI is InChI=1S/C38H62N2O8/c1-22(9-12-27(34(5,6)45)47-23(2)41)30-31(43)32(44)36(8)25-11-10-24-33(3,4)26(48-29-20-40(17-18-46-29)19-28(39)42)13-14-37(24)21-38(25,37)16-15-35(30,36)7/h22,24-27,29-31,43,45H,9-21H2,1-8H3,(H2,39,42). The van der Waals surface area contributed by atoms with E-state index in [0.29, 0.717) is 38.5 Å². The third kappa shape index (κ3) is 5.32. The molecule has 4 N–H and O–H groups in total. The molecular formula is C38H62N2O8. The number of nitrogens with two attached hydrogens (primary N) is 1. The molecular weight excluding hydrogens is 612 g/mol. The number of rotatable bonds is 10. The number of carbonyl (C=O) groups excluding carboxylic acids is 3. The maximum atomic E-state index is 14.5. The van der Waals surface area contributed by atoms with Crippen LogP contribution in [-0.4, -0.2) is 89.2 Å². The van der Waals surface area contributed by atoms with E-state index in [1.54, 1.807) is 13.8 Å². The summed E-state index contributed by atoms with van der Waals surface area (Å²) in [6.45, 7) is 18.0. The van der Waals surface area contributed by atoms with E-state index in [1.807, 2.05) is 4.90 Å². The minimum Gasteiger partial charge on any atom is -0.460 e. The van der Waals surface area contributed by atoms with Gasteiger partial charge < -0.3 is 30.2 Å². The Balaban J connectivity index is 1.19. The van der Waals surface area contributed by atoms with Crippen LogP contribution < -0.4 is 5.73 Å². The van der Waals surface area contributed by atoms with Crippen molar-refractivity contribution in [3.05, 3.63) is 0 Å². The molecule has 5 saturated carbocycles. The SMILES string of the molecule is CC(=O)OC(CCC(C)C1C(O)C(=O)C2(C)C3CCC4C(C)(C)C(OC5CN(CC(N)=O)CCO5)CCC45CC35CCC12C)C(C)(C)O. The van der Waals surface area contributed by atoms with Gasteiger partial charge in [-0.05, 0) is 111 Å². The lowest BCUT2D eigenvalue weighted by Gasteiger charge is -2.62. The number of primary amides is 1. The molecule has 5 aliphatic carbocycles. The largest absolute Gasteiger partial charge is 0.460 e. The fraction of sp³-hybridized carbons (Fsp3) is 0.921. The molecule has 1 aliphatic heterocycles. The highest BCUT2D eigenvalue weighted by atomic mass is 16.7. The van der Waals surface area contributed by atoms with Crippen LogP contribution in [0.4, 0.5) is 0 Å². The lowest BCUT2D eigenvalue weighted by molar-refractivity contribution is -0.246. The molecule has 6 rings (SSSR count). The van der Waals surface area contributed by atoms with Crippen molar-refractivity contribution in [3.63, 3.8) is 0 Å². The number of hydrogen-bond donors (Lipinski definition) is 3. The van der Waals surface area contributed by atoms with E-state index in [2.05, 4.69) is 34.6 Å². The van der Waals surface area contributed by atoms with Crippen LogP contribution in [0.15, 0.2) is 0 Å². The number of aliphatic hydroxyl groups excluding tert-OH is 1. The first-order chi connectivity index (χ1) is 22.2. The van der Waals surface area contributed by atoms with Gasteiger partial charge in [0.05, 0.1) is 31.4 Å². The molecule has 2 spiro atoms. The smallest absolute Gasteiger partial charge is 0.303 e. The van der Waals surface area contributed by atoms with Crippen molar-refractivity contribution in [2.24, 2.45) is 56.5 Å². The summed E-state index contributed by atoms with van der Waals surface area (Å²) in [7, 11) is 0. The average Bonchev–Trinajstić information content (AvgIpc) is 3.62. The molecule has 48 heavy (non-hydrogen) atoms.